The van der Waals surface area contributed by atoms with Crippen molar-refractivity contribution in [3.8, 4) is 5.75 Å². The summed E-state index contributed by atoms with van der Waals surface area (Å²) in [6.45, 7) is 7.49. The first-order chi connectivity index (χ1) is 10.6. The van der Waals surface area contributed by atoms with Gasteiger partial charge in [-0.2, -0.15) is 0 Å². The number of nitrogens with one attached hydrogen (secondary N) is 1. The predicted octanol–water partition coefficient (Wildman–Crippen LogP) is 1.91. The SMILES string of the molecule is CCOCC(=O)Nc1cccc(OCC(=O)N(CC)CC)c1. The van der Waals surface area contributed by atoms with Gasteiger partial charge in [0, 0.05) is 31.5 Å². The number of hydrogen-bond acceptors (Lipinski definition) is 4. The molecule has 0 aliphatic rings. The van der Waals surface area contributed by atoms with Crippen LogP contribution < -0.4 is 10.1 Å². The monoisotopic (exact) mass is 308 g/mol. The first-order valence-corrected chi connectivity index (χ1v) is 7.48. The number of carbonyl (C=O) groups is 2. The molecule has 0 fully saturated rings. The van der Waals surface area contributed by atoms with E-state index in [2.05, 4.69) is 5.32 Å². The van der Waals surface area contributed by atoms with Crippen molar-refractivity contribution >= 4 is 17.5 Å². The van der Waals surface area contributed by atoms with Crippen LogP contribution in [0.1, 0.15) is 20.8 Å². The molecular formula is C16H24N2O4. The Labute approximate surface area is 131 Å². The van der Waals surface area contributed by atoms with Crippen LogP contribution in [0, 0.1) is 0 Å². The summed E-state index contributed by atoms with van der Waals surface area (Å²) in [6, 6.07) is 6.93. The minimum Gasteiger partial charge on any atom is -0.484 e. The summed E-state index contributed by atoms with van der Waals surface area (Å²) in [4.78, 5) is 25.2. The van der Waals surface area contributed by atoms with Crippen molar-refractivity contribution in [2.75, 3.05) is 38.2 Å². The van der Waals surface area contributed by atoms with Gasteiger partial charge in [0.15, 0.2) is 6.61 Å². The third kappa shape index (κ3) is 6.13. The first kappa shape index (κ1) is 18.0. The number of hydrogen-bond donors (Lipinski definition) is 1. The van der Waals surface area contributed by atoms with Crippen molar-refractivity contribution in [3.05, 3.63) is 24.3 Å². The fourth-order valence-corrected chi connectivity index (χ4v) is 1.87. The molecule has 22 heavy (non-hydrogen) atoms. The minimum absolute atomic E-state index is 0.0158. The zero-order valence-corrected chi connectivity index (χ0v) is 13.4. The highest BCUT2D eigenvalue weighted by atomic mass is 16.5. The second-order valence-corrected chi connectivity index (χ2v) is 4.57. The Morgan fingerprint density at radius 3 is 2.50 bits per heavy atom. The lowest BCUT2D eigenvalue weighted by Crippen LogP contribution is -2.34. The quantitative estimate of drug-likeness (QED) is 0.756. The van der Waals surface area contributed by atoms with Crippen molar-refractivity contribution in [3.63, 3.8) is 0 Å². The fourth-order valence-electron chi connectivity index (χ4n) is 1.87. The molecule has 0 unspecified atom stereocenters. The van der Waals surface area contributed by atoms with Crippen molar-refractivity contribution < 1.29 is 19.1 Å². The molecule has 0 spiro atoms. The van der Waals surface area contributed by atoms with Crippen molar-refractivity contribution in [1.29, 1.82) is 0 Å². The van der Waals surface area contributed by atoms with E-state index in [9.17, 15) is 9.59 Å². The molecule has 0 radical (unpaired) electrons. The average molecular weight is 308 g/mol. The van der Waals surface area contributed by atoms with Gasteiger partial charge in [0.05, 0.1) is 0 Å². The van der Waals surface area contributed by atoms with E-state index in [1.807, 2.05) is 20.8 Å². The van der Waals surface area contributed by atoms with E-state index in [0.717, 1.165) is 0 Å². The maximum atomic E-state index is 11.9. The van der Waals surface area contributed by atoms with E-state index in [-0.39, 0.29) is 25.0 Å². The van der Waals surface area contributed by atoms with Crippen molar-refractivity contribution in [1.82, 2.24) is 4.90 Å². The average Bonchev–Trinajstić information content (AvgIpc) is 2.52. The summed E-state index contributed by atoms with van der Waals surface area (Å²) in [5.74, 6) is 0.253. The summed E-state index contributed by atoms with van der Waals surface area (Å²) in [5, 5.41) is 2.71. The summed E-state index contributed by atoms with van der Waals surface area (Å²) >= 11 is 0. The Morgan fingerprint density at radius 1 is 1.14 bits per heavy atom. The number of benzene rings is 1. The van der Waals surface area contributed by atoms with Crippen LogP contribution >= 0.6 is 0 Å². The molecule has 0 aromatic heterocycles. The van der Waals surface area contributed by atoms with E-state index in [4.69, 9.17) is 9.47 Å². The molecule has 0 aliphatic heterocycles. The number of anilines is 1. The van der Waals surface area contributed by atoms with Gasteiger partial charge in [0.25, 0.3) is 5.91 Å². The summed E-state index contributed by atoms with van der Waals surface area (Å²) in [5.41, 5.74) is 0.609. The lowest BCUT2D eigenvalue weighted by molar-refractivity contribution is -0.133. The standard InChI is InChI=1S/C16H24N2O4/c1-4-18(5-2)16(20)12-22-14-9-7-8-13(10-14)17-15(19)11-21-6-3/h7-10H,4-6,11-12H2,1-3H3,(H,17,19). The largest absolute Gasteiger partial charge is 0.484 e. The van der Waals surface area contributed by atoms with Gasteiger partial charge < -0.3 is 19.7 Å². The summed E-state index contributed by atoms with van der Waals surface area (Å²) in [7, 11) is 0. The Hall–Kier alpha value is -2.08. The lowest BCUT2D eigenvalue weighted by atomic mass is 10.3. The highest BCUT2D eigenvalue weighted by molar-refractivity contribution is 5.91. The van der Waals surface area contributed by atoms with E-state index in [1.54, 1.807) is 29.2 Å². The number of ether oxygens (including phenoxy) is 2. The maximum absolute atomic E-state index is 11.9. The van der Waals surface area contributed by atoms with Gasteiger partial charge in [-0.05, 0) is 32.9 Å². The summed E-state index contributed by atoms with van der Waals surface area (Å²) in [6.07, 6.45) is 0. The fraction of sp³-hybridized carbons (Fsp3) is 0.500. The first-order valence-electron chi connectivity index (χ1n) is 7.48. The second-order valence-electron chi connectivity index (χ2n) is 4.57. The third-order valence-corrected chi connectivity index (χ3v) is 3.03. The van der Waals surface area contributed by atoms with Gasteiger partial charge >= 0.3 is 0 Å². The zero-order chi connectivity index (χ0) is 16.4. The van der Waals surface area contributed by atoms with Crippen LogP contribution in [0.5, 0.6) is 5.75 Å². The van der Waals surface area contributed by atoms with Crippen LogP contribution in [0.2, 0.25) is 0 Å². The third-order valence-electron chi connectivity index (χ3n) is 3.03. The van der Waals surface area contributed by atoms with Crippen LogP contribution in [-0.2, 0) is 14.3 Å². The molecule has 0 saturated carbocycles. The lowest BCUT2D eigenvalue weighted by Gasteiger charge is -2.18. The van der Waals surface area contributed by atoms with E-state index >= 15 is 0 Å². The molecule has 0 heterocycles. The Bertz CT molecular complexity index is 487. The van der Waals surface area contributed by atoms with Gasteiger partial charge in [-0.15, -0.1) is 0 Å². The highest BCUT2D eigenvalue weighted by Gasteiger charge is 2.10. The van der Waals surface area contributed by atoms with E-state index < -0.39 is 0 Å². The maximum Gasteiger partial charge on any atom is 0.260 e. The molecule has 0 aliphatic carbocycles. The topological polar surface area (TPSA) is 67.9 Å². The molecule has 1 rings (SSSR count). The van der Waals surface area contributed by atoms with Crippen LogP contribution in [0.25, 0.3) is 0 Å². The smallest absolute Gasteiger partial charge is 0.260 e. The molecule has 1 aromatic carbocycles. The molecule has 1 N–H and O–H groups in total. The molecular weight excluding hydrogens is 284 g/mol. The van der Waals surface area contributed by atoms with Gasteiger partial charge in [-0.1, -0.05) is 6.07 Å². The number of carbonyl (C=O) groups excluding carboxylic acids is 2. The molecule has 1 aromatic rings. The Balaban J connectivity index is 2.53. The van der Waals surface area contributed by atoms with Gasteiger partial charge in [-0.25, -0.2) is 0 Å². The Morgan fingerprint density at radius 2 is 1.86 bits per heavy atom. The second kappa shape index (κ2) is 9.78. The number of rotatable bonds is 9. The van der Waals surface area contributed by atoms with Crippen LogP contribution in [-0.4, -0.2) is 49.6 Å². The zero-order valence-electron chi connectivity index (χ0n) is 13.4. The van der Waals surface area contributed by atoms with Crippen molar-refractivity contribution in [2.24, 2.45) is 0 Å². The molecule has 0 saturated heterocycles. The number of amides is 2. The van der Waals surface area contributed by atoms with Crippen LogP contribution in [0.15, 0.2) is 24.3 Å². The Kier molecular flexibility index (Phi) is 7.99. The van der Waals surface area contributed by atoms with Crippen LogP contribution in [0.4, 0.5) is 5.69 Å². The van der Waals surface area contributed by atoms with E-state index in [1.165, 1.54) is 0 Å². The van der Waals surface area contributed by atoms with Gasteiger partial charge in [0.2, 0.25) is 5.91 Å². The summed E-state index contributed by atoms with van der Waals surface area (Å²) < 4.78 is 10.5. The molecule has 122 valence electrons. The predicted molar refractivity (Wildman–Crippen MR) is 85.0 cm³/mol. The minimum atomic E-state index is -0.224. The van der Waals surface area contributed by atoms with Crippen LogP contribution in [0.3, 0.4) is 0 Å². The molecule has 0 atom stereocenters. The number of nitrogens with zero attached hydrogens (tertiary/aromatic N) is 1. The van der Waals surface area contributed by atoms with Gasteiger partial charge in [0.1, 0.15) is 12.4 Å². The molecule has 6 nitrogen and oxygen atoms in total. The normalized spacial score (nSPS) is 10.1. The van der Waals surface area contributed by atoms with Crippen molar-refractivity contribution in [2.45, 2.75) is 20.8 Å². The molecule has 0 bridgehead atoms. The molecule has 2 amide bonds. The highest BCUT2D eigenvalue weighted by Crippen LogP contribution is 2.17. The number of likely N-dealkylation sites (N-methyl/N-ethyl adjacent to an activating group) is 1. The van der Waals surface area contributed by atoms with E-state index in [0.29, 0.717) is 31.1 Å². The van der Waals surface area contributed by atoms with Gasteiger partial charge in [-0.3, -0.25) is 9.59 Å². The molecule has 6 heteroatoms.